The quantitative estimate of drug-likeness (QED) is 0.323. The molecule has 0 unspecified atom stereocenters. The Morgan fingerprint density at radius 3 is 2.43 bits per heavy atom. The Kier molecular flexibility index (Phi) is 4.88. The number of carbonyl (C=O) groups is 5. The Labute approximate surface area is 220 Å². The van der Waals surface area contributed by atoms with Crippen molar-refractivity contribution in [2.24, 2.45) is 23.5 Å². The fourth-order valence-corrected chi connectivity index (χ4v) is 7.87. The third kappa shape index (κ3) is 2.73. The topological polar surface area (TPSA) is 138 Å². The lowest BCUT2D eigenvalue weighted by Gasteiger charge is -2.51. The number of phenols is 1. The van der Waals surface area contributed by atoms with Gasteiger partial charge in [-0.25, -0.2) is 4.79 Å². The number of phenolic OH excluding ortho intramolecular Hbond substituents is 1. The van der Waals surface area contributed by atoms with E-state index in [2.05, 4.69) is 0 Å². The molecule has 190 valence electrons. The van der Waals surface area contributed by atoms with Crippen LogP contribution in [-0.2, 0) is 19.2 Å². The minimum absolute atomic E-state index is 0.0904. The van der Waals surface area contributed by atoms with Crippen molar-refractivity contribution in [1.29, 1.82) is 0 Å². The van der Waals surface area contributed by atoms with Gasteiger partial charge in [-0.3, -0.25) is 24.1 Å². The predicted molar refractivity (Wildman–Crippen MR) is 133 cm³/mol. The third-order valence-corrected chi connectivity index (χ3v) is 9.88. The van der Waals surface area contributed by atoms with E-state index in [0.29, 0.717) is 21.4 Å². The van der Waals surface area contributed by atoms with Crippen LogP contribution in [0.4, 0.5) is 4.79 Å². The molecule has 3 N–H and O–H groups in total. The smallest absolute Gasteiger partial charge is 0.328 e. The SMILES string of the molecule is CN1C(=O)[C@]2(Cl)C[C@@H]3C(=CC[C@@H]4C(=O)N(C(N)=O)C(=O)[C@@H]43)[C@H](c3c(O)ccc4ccccc34)[C@]2(Cl)C1=O. The zero-order chi connectivity index (χ0) is 26.6. The van der Waals surface area contributed by atoms with E-state index in [4.69, 9.17) is 28.9 Å². The van der Waals surface area contributed by atoms with Crippen molar-refractivity contribution in [2.45, 2.75) is 28.5 Å². The predicted octanol–water partition coefficient (Wildman–Crippen LogP) is 2.61. The number of aromatic hydroxyl groups is 1. The molecule has 6 amide bonds. The normalized spacial score (nSPS) is 34.9. The van der Waals surface area contributed by atoms with Gasteiger partial charge in [-0.15, -0.1) is 23.2 Å². The van der Waals surface area contributed by atoms with Gasteiger partial charge in [0, 0.05) is 18.5 Å². The summed E-state index contributed by atoms with van der Waals surface area (Å²) in [6.45, 7) is 0. The summed E-state index contributed by atoms with van der Waals surface area (Å²) in [7, 11) is 1.29. The van der Waals surface area contributed by atoms with E-state index in [0.717, 1.165) is 10.3 Å². The fraction of sp³-hybridized carbons (Fsp3) is 0.346. The number of likely N-dealkylation sites (tertiary alicyclic amines) is 2. The highest BCUT2D eigenvalue weighted by molar-refractivity contribution is 6.53. The minimum atomic E-state index is -2.02. The van der Waals surface area contributed by atoms with E-state index in [1.807, 2.05) is 12.1 Å². The molecule has 0 aromatic heterocycles. The van der Waals surface area contributed by atoms with E-state index in [-0.39, 0.29) is 18.6 Å². The molecule has 0 spiro atoms. The molecule has 11 heteroatoms. The first-order valence-electron chi connectivity index (χ1n) is 11.7. The van der Waals surface area contributed by atoms with Gasteiger partial charge in [0.2, 0.25) is 11.8 Å². The van der Waals surface area contributed by atoms with Gasteiger partial charge in [-0.1, -0.05) is 42.0 Å². The van der Waals surface area contributed by atoms with E-state index in [9.17, 15) is 29.1 Å². The molecule has 0 bridgehead atoms. The lowest BCUT2D eigenvalue weighted by atomic mass is 9.56. The lowest BCUT2D eigenvalue weighted by Crippen LogP contribution is -2.60. The van der Waals surface area contributed by atoms with E-state index in [1.54, 1.807) is 24.3 Å². The summed E-state index contributed by atoms with van der Waals surface area (Å²) in [6.07, 6.45) is 1.60. The molecule has 2 aliphatic heterocycles. The molecule has 37 heavy (non-hydrogen) atoms. The number of nitrogens with two attached hydrogens (primary N) is 1. The number of fused-ring (bicyclic) bond motifs is 5. The first-order chi connectivity index (χ1) is 17.4. The summed E-state index contributed by atoms with van der Waals surface area (Å²) in [5.74, 6) is -6.90. The number of allylic oxidation sites excluding steroid dienone is 2. The van der Waals surface area contributed by atoms with E-state index >= 15 is 0 Å². The number of alkyl halides is 2. The Morgan fingerprint density at radius 2 is 1.73 bits per heavy atom. The van der Waals surface area contributed by atoms with Crippen LogP contribution in [0.5, 0.6) is 5.75 Å². The molecule has 2 heterocycles. The molecule has 2 saturated heterocycles. The van der Waals surface area contributed by atoms with Gasteiger partial charge in [0.05, 0.1) is 11.8 Å². The van der Waals surface area contributed by atoms with Gasteiger partial charge >= 0.3 is 6.03 Å². The Balaban J connectivity index is 1.65. The van der Waals surface area contributed by atoms with Crippen LogP contribution in [-0.4, -0.2) is 61.4 Å². The highest BCUT2D eigenvalue weighted by atomic mass is 35.5. The Morgan fingerprint density at radius 1 is 1.03 bits per heavy atom. The Bertz CT molecular complexity index is 1510. The summed E-state index contributed by atoms with van der Waals surface area (Å²) in [5.41, 5.74) is 6.15. The zero-order valence-electron chi connectivity index (χ0n) is 19.5. The van der Waals surface area contributed by atoms with Gasteiger partial charge in [0.1, 0.15) is 5.75 Å². The molecule has 4 aliphatic rings. The molecule has 6 atom stereocenters. The molecule has 0 radical (unpaired) electrons. The van der Waals surface area contributed by atoms with Crippen molar-refractivity contribution in [1.82, 2.24) is 9.80 Å². The molecular formula is C26H21Cl2N3O6. The number of hydrogen-bond acceptors (Lipinski definition) is 6. The van der Waals surface area contributed by atoms with Crippen LogP contribution < -0.4 is 5.73 Å². The van der Waals surface area contributed by atoms with Crippen molar-refractivity contribution in [2.75, 3.05) is 7.05 Å². The number of hydrogen-bond donors (Lipinski definition) is 2. The van der Waals surface area contributed by atoms with Crippen LogP contribution >= 0.6 is 23.2 Å². The second-order valence-corrected chi connectivity index (χ2v) is 11.3. The van der Waals surface area contributed by atoms with Crippen LogP contribution in [0, 0.1) is 17.8 Å². The average molecular weight is 542 g/mol. The standard InChI is InChI=1S/C26H21Cl2N3O6/c1-30-22(35)25(27)10-15-13(7-8-14-17(15)21(34)31(20(14)33)24(29)37)19(26(25,28)23(30)36)18-12-5-3-2-4-11(12)6-9-16(18)32/h2-7,9,14-15,17,19,32H,8,10H2,1H3,(H2,29,37)/t14-,15+,17-,19+,25+,26-/m0/s1. The van der Waals surface area contributed by atoms with Crippen LogP contribution in [0.25, 0.3) is 10.8 Å². The third-order valence-electron chi connectivity index (χ3n) is 8.47. The second-order valence-electron chi connectivity index (χ2n) is 10.1. The van der Waals surface area contributed by atoms with E-state index in [1.165, 1.54) is 13.1 Å². The van der Waals surface area contributed by atoms with Crippen molar-refractivity contribution in [3.05, 3.63) is 53.6 Å². The number of nitrogens with zero attached hydrogens (tertiary/aromatic N) is 2. The molecule has 3 fully saturated rings. The van der Waals surface area contributed by atoms with Crippen LogP contribution in [0.1, 0.15) is 24.3 Å². The molecule has 6 rings (SSSR count). The van der Waals surface area contributed by atoms with E-state index < -0.39 is 63.1 Å². The summed E-state index contributed by atoms with van der Waals surface area (Å²) >= 11 is 14.2. The number of urea groups is 1. The number of carbonyl (C=O) groups excluding carboxylic acids is 5. The molecule has 2 aromatic rings. The fourth-order valence-electron chi connectivity index (χ4n) is 6.87. The van der Waals surface area contributed by atoms with Crippen LogP contribution in [0.15, 0.2) is 48.0 Å². The molecule has 2 aliphatic carbocycles. The highest BCUT2D eigenvalue weighted by Gasteiger charge is 2.76. The lowest BCUT2D eigenvalue weighted by molar-refractivity contribution is -0.139. The summed E-state index contributed by atoms with van der Waals surface area (Å²) in [4.78, 5) is 62.6. The molecule has 1 saturated carbocycles. The number of rotatable bonds is 1. The largest absolute Gasteiger partial charge is 0.508 e. The molecular weight excluding hydrogens is 521 g/mol. The number of amides is 6. The van der Waals surface area contributed by atoms with Gasteiger partial charge in [0.25, 0.3) is 11.8 Å². The van der Waals surface area contributed by atoms with Gasteiger partial charge < -0.3 is 10.8 Å². The first kappa shape index (κ1) is 23.9. The van der Waals surface area contributed by atoms with Gasteiger partial charge in [-0.2, -0.15) is 4.90 Å². The number of benzene rings is 2. The maximum Gasteiger partial charge on any atom is 0.328 e. The second kappa shape index (κ2) is 7.55. The maximum absolute atomic E-state index is 13.7. The summed E-state index contributed by atoms with van der Waals surface area (Å²) < 4.78 is 0. The average Bonchev–Trinajstić information content (AvgIpc) is 3.20. The monoisotopic (exact) mass is 541 g/mol. The van der Waals surface area contributed by atoms with Crippen molar-refractivity contribution < 1.29 is 29.1 Å². The van der Waals surface area contributed by atoms with Gasteiger partial charge in [-0.05, 0) is 35.6 Å². The first-order valence-corrected chi connectivity index (χ1v) is 12.5. The van der Waals surface area contributed by atoms with Crippen molar-refractivity contribution >= 4 is 63.6 Å². The Hall–Kier alpha value is -3.43. The number of halogens is 2. The van der Waals surface area contributed by atoms with Gasteiger partial charge in [0.15, 0.2) is 9.75 Å². The van der Waals surface area contributed by atoms with Crippen molar-refractivity contribution in [3.63, 3.8) is 0 Å². The van der Waals surface area contributed by atoms with Crippen LogP contribution in [0.2, 0.25) is 0 Å². The highest BCUT2D eigenvalue weighted by Crippen LogP contribution is 2.66. The number of primary amides is 1. The van der Waals surface area contributed by atoms with Crippen LogP contribution in [0.3, 0.4) is 0 Å². The zero-order valence-corrected chi connectivity index (χ0v) is 21.0. The molecule has 2 aromatic carbocycles. The van der Waals surface area contributed by atoms with Crippen molar-refractivity contribution in [3.8, 4) is 5.75 Å². The number of imide groups is 4. The maximum atomic E-state index is 13.7. The summed E-state index contributed by atoms with van der Waals surface area (Å²) in [6, 6.07) is 9.20. The summed E-state index contributed by atoms with van der Waals surface area (Å²) in [5, 5.41) is 12.5. The molecule has 9 nitrogen and oxygen atoms in total. The minimum Gasteiger partial charge on any atom is -0.508 e.